The number of rotatable bonds is 9. The van der Waals surface area contributed by atoms with Crippen LogP contribution < -0.4 is 15.8 Å². The van der Waals surface area contributed by atoms with Gasteiger partial charge in [-0.1, -0.05) is 54.1 Å². The molecule has 0 saturated carbocycles. The molecule has 154 valence electrons. The minimum atomic E-state index is -0.543. The van der Waals surface area contributed by atoms with Crippen LogP contribution in [0.3, 0.4) is 0 Å². The predicted molar refractivity (Wildman–Crippen MR) is 122 cm³/mol. The van der Waals surface area contributed by atoms with E-state index >= 15 is 0 Å². The highest BCUT2D eigenvalue weighted by atomic mass is 35.5. The highest BCUT2D eigenvalue weighted by Gasteiger charge is 2.16. The van der Waals surface area contributed by atoms with Crippen molar-refractivity contribution in [1.82, 2.24) is 0 Å². The van der Waals surface area contributed by atoms with E-state index in [4.69, 9.17) is 22.1 Å². The van der Waals surface area contributed by atoms with Crippen molar-refractivity contribution in [1.29, 1.82) is 0 Å². The lowest BCUT2D eigenvalue weighted by Gasteiger charge is -2.18. The minimum absolute atomic E-state index is 0.0128. The quantitative estimate of drug-likeness (QED) is 0.506. The van der Waals surface area contributed by atoms with Crippen molar-refractivity contribution in [2.75, 3.05) is 17.7 Å². The number of nitrogens with one attached hydrogen (secondary N) is 1. The summed E-state index contributed by atoms with van der Waals surface area (Å²) in [6.07, 6.45) is 0. The van der Waals surface area contributed by atoms with Gasteiger partial charge < -0.3 is 15.8 Å². The number of amides is 2. The molecule has 30 heavy (non-hydrogen) atoms. The van der Waals surface area contributed by atoms with Crippen LogP contribution in [0.5, 0.6) is 5.75 Å². The molecule has 3 rings (SSSR count). The highest BCUT2D eigenvalue weighted by molar-refractivity contribution is 8.00. The van der Waals surface area contributed by atoms with Crippen LogP contribution in [-0.4, -0.2) is 24.2 Å². The summed E-state index contributed by atoms with van der Waals surface area (Å²) in [5.74, 6) is 0.133. The number of carbonyl (C=O) groups is 2. The minimum Gasteiger partial charge on any atom is -0.484 e. The van der Waals surface area contributed by atoms with Gasteiger partial charge in [0.25, 0.3) is 5.91 Å². The van der Waals surface area contributed by atoms with E-state index in [1.54, 1.807) is 36.0 Å². The van der Waals surface area contributed by atoms with Crippen LogP contribution >= 0.6 is 23.4 Å². The largest absolute Gasteiger partial charge is 0.484 e. The third-order valence-electron chi connectivity index (χ3n) is 4.18. The van der Waals surface area contributed by atoms with Crippen molar-refractivity contribution in [3.05, 3.63) is 95.0 Å². The molecule has 0 bridgehead atoms. The van der Waals surface area contributed by atoms with E-state index < -0.39 is 5.91 Å². The van der Waals surface area contributed by atoms with Gasteiger partial charge in [0.05, 0.1) is 11.0 Å². The first-order chi connectivity index (χ1) is 14.5. The molecule has 5 nitrogen and oxygen atoms in total. The molecule has 0 aromatic heterocycles. The zero-order valence-corrected chi connectivity index (χ0v) is 17.7. The smallest absolute Gasteiger partial charge is 0.255 e. The summed E-state index contributed by atoms with van der Waals surface area (Å²) < 4.78 is 5.21. The Balaban J connectivity index is 1.61. The van der Waals surface area contributed by atoms with Crippen LogP contribution in [0.1, 0.15) is 16.4 Å². The third-order valence-corrected chi connectivity index (χ3v) is 5.73. The Bertz CT molecular complexity index is 980. The maximum absolute atomic E-state index is 12.5. The predicted octanol–water partition coefficient (Wildman–Crippen LogP) is 4.67. The lowest BCUT2D eigenvalue weighted by atomic mass is 10.0. The molecular weight excluding hydrogens is 420 g/mol. The van der Waals surface area contributed by atoms with Crippen molar-refractivity contribution >= 4 is 40.9 Å². The molecular formula is C23H21ClN2O3S. The molecule has 0 aliphatic rings. The number of benzene rings is 3. The van der Waals surface area contributed by atoms with E-state index in [-0.39, 0.29) is 23.5 Å². The summed E-state index contributed by atoms with van der Waals surface area (Å²) in [5, 5.41) is 3.56. The first kappa shape index (κ1) is 21.7. The fraction of sp³-hybridized carbons (Fsp3) is 0.130. The highest BCUT2D eigenvalue weighted by Crippen LogP contribution is 2.36. The summed E-state index contributed by atoms with van der Waals surface area (Å²) in [7, 11) is 0. The summed E-state index contributed by atoms with van der Waals surface area (Å²) in [5.41, 5.74) is 7.91. The van der Waals surface area contributed by atoms with Gasteiger partial charge in [-0.05, 0) is 47.5 Å². The van der Waals surface area contributed by atoms with Crippen molar-refractivity contribution in [3.8, 4) is 5.75 Å². The van der Waals surface area contributed by atoms with E-state index in [1.165, 1.54) is 0 Å². The van der Waals surface area contributed by atoms with Crippen LogP contribution in [0.15, 0.2) is 78.9 Å². The summed E-state index contributed by atoms with van der Waals surface area (Å²) >= 11 is 7.57. The van der Waals surface area contributed by atoms with Crippen LogP contribution in [0.4, 0.5) is 5.69 Å². The standard InChI is InChI=1S/C23H21ClN2O3S/c24-18-8-6-17(7-9-18)23(16-4-2-1-3-5-16)30-15-22(28)26-19-10-12-20(13-11-19)29-14-21(25)27/h1-13,23H,14-15H2,(H2,25,27)(H,26,28). The van der Waals surface area contributed by atoms with Crippen molar-refractivity contribution in [3.63, 3.8) is 0 Å². The number of hydrogen-bond acceptors (Lipinski definition) is 4. The Morgan fingerprint density at radius 3 is 2.20 bits per heavy atom. The van der Waals surface area contributed by atoms with Crippen LogP contribution in [0.25, 0.3) is 0 Å². The maximum atomic E-state index is 12.5. The Morgan fingerprint density at radius 1 is 0.933 bits per heavy atom. The number of halogens is 1. The van der Waals surface area contributed by atoms with E-state index in [1.807, 2.05) is 42.5 Å². The molecule has 1 unspecified atom stereocenters. The molecule has 0 saturated heterocycles. The molecule has 3 N–H and O–H groups in total. The summed E-state index contributed by atoms with van der Waals surface area (Å²) in [4.78, 5) is 23.3. The normalized spacial score (nSPS) is 11.5. The van der Waals surface area contributed by atoms with Crippen molar-refractivity contribution < 1.29 is 14.3 Å². The molecule has 0 heterocycles. The zero-order chi connectivity index (χ0) is 21.3. The van der Waals surface area contributed by atoms with Gasteiger partial charge in [0.15, 0.2) is 6.61 Å². The molecule has 0 spiro atoms. The van der Waals surface area contributed by atoms with Gasteiger partial charge in [-0.15, -0.1) is 11.8 Å². The van der Waals surface area contributed by atoms with Crippen LogP contribution in [0, 0.1) is 0 Å². The Morgan fingerprint density at radius 2 is 1.57 bits per heavy atom. The molecule has 0 aliphatic carbocycles. The number of primary amides is 1. The molecule has 7 heteroatoms. The van der Waals surface area contributed by atoms with Crippen molar-refractivity contribution in [2.45, 2.75) is 5.25 Å². The van der Waals surface area contributed by atoms with Crippen LogP contribution in [0.2, 0.25) is 5.02 Å². The van der Waals surface area contributed by atoms with E-state index in [2.05, 4.69) is 17.4 Å². The Hall–Kier alpha value is -2.96. The fourth-order valence-electron chi connectivity index (χ4n) is 2.80. The fourth-order valence-corrected chi connectivity index (χ4v) is 4.01. The second-order valence-electron chi connectivity index (χ2n) is 6.48. The first-order valence-corrected chi connectivity index (χ1v) is 10.7. The van der Waals surface area contributed by atoms with E-state index in [9.17, 15) is 9.59 Å². The molecule has 3 aromatic rings. The molecule has 3 aromatic carbocycles. The SMILES string of the molecule is NC(=O)COc1ccc(NC(=O)CSC(c2ccccc2)c2ccc(Cl)cc2)cc1. The maximum Gasteiger partial charge on any atom is 0.255 e. The second-order valence-corrected chi connectivity index (χ2v) is 8.01. The molecule has 1 atom stereocenters. The lowest BCUT2D eigenvalue weighted by Crippen LogP contribution is -2.20. The summed E-state index contributed by atoms with van der Waals surface area (Å²) in [6.45, 7) is -0.187. The summed E-state index contributed by atoms with van der Waals surface area (Å²) in [6, 6.07) is 24.5. The van der Waals surface area contributed by atoms with E-state index in [0.717, 1.165) is 11.1 Å². The molecule has 2 amide bonds. The van der Waals surface area contributed by atoms with Gasteiger partial charge in [0.2, 0.25) is 5.91 Å². The van der Waals surface area contributed by atoms with Gasteiger partial charge in [0.1, 0.15) is 5.75 Å². The van der Waals surface area contributed by atoms with Gasteiger partial charge in [-0.2, -0.15) is 0 Å². The van der Waals surface area contributed by atoms with Gasteiger partial charge in [-0.3, -0.25) is 9.59 Å². The number of ether oxygens (including phenoxy) is 1. The molecule has 0 aliphatic heterocycles. The Labute approximate surface area is 184 Å². The first-order valence-electron chi connectivity index (χ1n) is 9.24. The van der Waals surface area contributed by atoms with Gasteiger partial charge >= 0.3 is 0 Å². The molecule has 0 radical (unpaired) electrons. The Kier molecular flexibility index (Phi) is 7.76. The van der Waals surface area contributed by atoms with E-state index in [0.29, 0.717) is 16.5 Å². The lowest BCUT2D eigenvalue weighted by molar-refractivity contribution is -0.120. The van der Waals surface area contributed by atoms with Crippen molar-refractivity contribution in [2.24, 2.45) is 5.73 Å². The topological polar surface area (TPSA) is 81.4 Å². The third kappa shape index (κ3) is 6.54. The zero-order valence-electron chi connectivity index (χ0n) is 16.1. The molecule has 0 fully saturated rings. The van der Waals surface area contributed by atoms with Crippen LogP contribution in [-0.2, 0) is 9.59 Å². The monoisotopic (exact) mass is 440 g/mol. The van der Waals surface area contributed by atoms with Gasteiger partial charge in [-0.25, -0.2) is 0 Å². The average Bonchev–Trinajstić information content (AvgIpc) is 2.75. The van der Waals surface area contributed by atoms with Gasteiger partial charge in [0, 0.05) is 10.7 Å². The number of hydrogen-bond donors (Lipinski definition) is 2. The second kappa shape index (κ2) is 10.7. The number of carbonyl (C=O) groups excluding carboxylic acids is 2. The number of thioether (sulfide) groups is 1. The average molecular weight is 441 g/mol. The number of anilines is 1. The number of nitrogens with two attached hydrogens (primary N) is 1.